The molecule has 1 aliphatic carbocycles. The molecule has 1 aliphatic rings. The molecule has 2 amide bonds. The number of nitrogens with one attached hydrogen (secondary N) is 2. The highest BCUT2D eigenvalue weighted by Gasteiger charge is 2.28. The molecule has 4 rings (SSSR count). The van der Waals surface area contributed by atoms with E-state index in [9.17, 15) is 14.4 Å². The number of methoxy groups -OCH3 is 1. The number of carbonyl (C=O) groups is 3. The lowest BCUT2D eigenvalue weighted by atomic mass is 10.1. The predicted molar refractivity (Wildman–Crippen MR) is 159 cm³/mol. The van der Waals surface area contributed by atoms with E-state index in [0.717, 1.165) is 53.7 Å². The van der Waals surface area contributed by atoms with E-state index in [0.29, 0.717) is 39.9 Å². The number of hydrogen-bond donors (Lipinski definition) is 2. The molecule has 9 nitrogen and oxygen atoms in total. The van der Waals surface area contributed by atoms with E-state index in [1.807, 2.05) is 31.2 Å². The van der Waals surface area contributed by atoms with Crippen LogP contribution in [0.5, 0.6) is 11.5 Å². The minimum absolute atomic E-state index is 0.218. The smallest absolute Gasteiger partial charge is 0.341 e. The summed E-state index contributed by atoms with van der Waals surface area (Å²) in [5, 5.41) is 7.05. The quantitative estimate of drug-likeness (QED) is 0.113. The van der Waals surface area contributed by atoms with Gasteiger partial charge in [0.25, 0.3) is 0 Å². The second kappa shape index (κ2) is 13.9. The van der Waals surface area contributed by atoms with Crippen LogP contribution in [0.3, 0.4) is 0 Å². The van der Waals surface area contributed by atoms with E-state index < -0.39 is 17.8 Å². The van der Waals surface area contributed by atoms with Crippen molar-refractivity contribution in [2.75, 3.05) is 19.0 Å². The first-order valence-electron chi connectivity index (χ1n) is 13.6. The van der Waals surface area contributed by atoms with Crippen LogP contribution in [-0.4, -0.2) is 37.2 Å². The number of nitrogens with zero attached hydrogens (tertiary/aromatic N) is 1. The zero-order valence-corrected chi connectivity index (χ0v) is 24.6. The summed E-state index contributed by atoms with van der Waals surface area (Å²) in [6.45, 7) is 6.08. The van der Waals surface area contributed by atoms with Gasteiger partial charge in [0.1, 0.15) is 11.6 Å². The van der Waals surface area contributed by atoms with Gasteiger partial charge >= 0.3 is 17.8 Å². The Hall–Kier alpha value is -4.18. The molecular formula is C31H35N3O6S. The molecule has 2 aromatic carbocycles. The van der Waals surface area contributed by atoms with Crippen molar-refractivity contribution in [3.63, 3.8) is 0 Å². The number of esters is 1. The fourth-order valence-electron chi connectivity index (χ4n) is 4.60. The lowest BCUT2D eigenvalue weighted by Gasteiger charge is -2.13. The minimum Gasteiger partial charge on any atom is -0.493 e. The summed E-state index contributed by atoms with van der Waals surface area (Å²) < 4.78 is 16.7. The number of hydrazone groups is 1. The fourth-order valence-corrected chi connectivity index (χ4v) is 5.87. The largest absolute Gasteiger partial charge is 0.493 e. The van der Waals surface area contributed by atoms with E-state index in [-0.39, 0.29) is 6.61 Å². The van der Waals surface area contributed by atoms with Crippen molar-refractivity contribution in [2.45, 2.75) is 59.5 Å². The number of rotatable bonds is 9. The number of benzene rings is 2. The lowest BCUT2D eigenvalue weighted by Crippen LogP contribution is -2.33. The Labute approximate surface area is 243 Å². The standard InChI is InChI=1S/C31H35N3O6S/c1-5-39-31(37)27-23-13-7-6-8-14-26(23)41-30(27)32-28(35)29(36)34-33-20(3)21-15-16-24(25(17-21)38-4)40-18-22-12-10-9-11-19(22)2/h9-12,15-17H,5-8,13-14,18H2,1-4H3,(H,32,35)(H,34,36). The Balaban J connectivity index is 1.43. The van der Waals surface area contributed by atoms with Crippen LogP contribution >= 0.6 is 11.3 Å². The highest BCUT2D eigenvalue weighted by atomic mass is 32.1. The summed E-state index contributed by atoms with van der Waals surface area (Å²) in [6.07, 6.45) is 4.63. The van der Waals surface area contributed by atoms with Gasteiger partial charge in [-0.15, -0.1) is 11.3 Å². The molecule has 0 spiro atoms. The lowest BCUT2D eigenvalue weighted by molar-refractivity contribution is -0.136. The van der Waals surface area contributed by atoms with Gasteiger partial charge in [-0.3, -0.25) is 9.59 Å². The zero-order valence-electron chi connectivity index (χ0n) is 23.8. The van der Waals surface area contributed by atoms with Gasteiger partial charge in [0, 0.05) is 10.4 Å². The maximum Gasteiger partial charge on any atom is 0.341 e. The molecule has 216 valence electrons. The molecule has 0 radical (unpaired) electrons. The van der Waals surface area contributed by atoms with Gasteiger partial charge in [-0.25, -0.2) is 10.2 Å². The summed E-state index contributed by atoms with van der Waals surface area (Å²) in [4.78, 5) is 39.2. The molecule has 1 heterocycles. The highest BCUT2D eigenvalue weighted by molar-refractivity contribution is 7.17. The first-order chi connectivity index (χ1) is 19.8. The Bertz CT molecular complexity index is 1460. The van der Waals surface area contributed by atoms with E-state index in [1.165, 1.54) is 11.3 Å². The van der Waals surface area contributed by atoms with Crippen molar-refractivity contribution in [2.24, 2.45) is 5.10 Å². The number of hydrogen-bond acceptors (Lipinski definition) is 8. The van der Waals surface area contributed by atoms with Gasteiger partial charge in [0.05, 0.1) is 25.0 Å². The minimum atomic E-state index is -0.951. The number of carbonyl (C=O) groups excluding carboxylic acids is 3. The predicted octanol–water partition coefficient (Wildman–Crippen LogP) is 5.57. The van der Waals surface area contributed by atoms with Crippen molar-refractivity contribution >= 4 is 39.8 Å². The maximum absolute atomic E-state index is 12.8. The molecule has 0 fully saturated rings. The molecule has 0 unspecified atom stereocenters. The van der Waals surface area contributed by atoms with Crippen molar-refractivity contribution in [3.05, 3.63) is 75.2 Å². The maximum atomic E-state index is 12.8. The first-order valence-corrected chi connectivity index (χ1v) is 14.5. The van der Waals surface area contributed by atoms with Crippen molar-refractivity contribution in [1.29, 1.82) is 0 Å². The summed E-state index contributed by atoms with van der Waals surface area (Å²) in [5.74, 6) is -1.27. The number of aryl methyl sites for hydroxylation is 2. The van der Waals surface area contributed by atoms with Crippen LogP contribution in [0.4, 0.5) is 5.00 Å². The number of ether oxygens (including phenoxy) is 3. The topological polar surface area (TPSA) is 115 Å². The fraction of sp³-hybridized carbons (Fsp3) is 0.355. The number of amides is 2. The van der Waals surface area contributed by atoms with E-state index in [4.69, 9.17) is 14.2 Å². The monoisotopic (exact) mass is 577 g/mol. The molecule has 0 saturated carbocycles. The third-order valence-electron chi connectivity index (χ3n) is 6.89. The molecule has 1 aromatic heterocycles. The highest BCUT2D eigenvalue weighted by Crippen LogP contribution is 2.38. The second-order valence-corrected chi connectivity index (χ2v) is 10.8. The normalized spacial score (nSPS) is 13.0. The molecule has 3 aromatic rings. The third kappa shape index (κ3) is 7.32. The summed E-state index contributed by atoms with van der Waals surface area (Å²) in [6, 6.07) is 13.3. The van der Waals surface area contributed by atoms with Crippen LogP contribution in [0.1, 0.15) is 70.6 Å². The molecule has 0 bridgehead atoms. The molecule has 0 saturated heterocycles. The number of thiophene rings is 1. The van der Waals surface area contributed by atoms with Crippen molar-refractivity contribution < 1.29 is 28.6 Å². The van der Waals surface area contributed by atoms with Crippen LogP contribution in [-0.2, 0) is 33.8 Å². The van der Waals surface area contributed by atoms with Gasteiger partial charge in [-0.05, 0) is 81.3 Å². The van der Waals surface area contributed by atoms with Gasteiger partial charge in [0.2, 0.25) is 0 Å². The summed E-state index contributed by atoms with van der Waals surface area (Å²) in [5.41, 5.74) is 6.92. The Kier molecular flexibility index (Phi) is 10.1. The molecule has 41 heavy (non-hydrogen) atoms. The summed E-state index contributed by atoms with van der Waals surface area (Å²) in [7, 11) is 1.55. The Morgan fingerprint density at radius 1 is 1.00 bits per heavy atom. The van der Waals surface area contributed by atoms with E-state index >= 15 is 0 Å². The van der Waals surface area contributed by atoms with Crippen LogP contribution in [0.15, 0.2) is 47.6 Å². The van der Waals surface area contributed by atoms with E-state index in [2.05, 4.69) is 15.8 Å². The molecular weight excluding hydrogens is 542 g/mol. The Morgan fingerprint density at radius 3 is 2.54 bits per heavy atom. The van der Waals surface area contributed by atoms with Crippen LogP contribution in [0, 0.1) is 6.92 Å². The van der Waals surface area contributed by atoms with Crippen LogP contribution < -0.4 is 20.2 Å². The van der Waals surface area contributed by atoms with Crippen molar-refractivity contribution in [3.8, 4) is 11.5 Å². The van der Waals surface area contributed by atoms with Gasteiger partial charge < -0.3 is 19.5 Å². The van der Waals surface area contributed by atoms with Crippen LogP contribution in [0.25, 0.3) is 0 Å². The summed E-state index contributed by atoms with van der Waals surface area (Å²) >= 11 is 1.33. The third-order valence-corrected chi connectivity index (χ3v) is 8.09. The van der Waals surface area contributed by atoms with E-state index in [1.54, 1.807) is 39.2 Å². The SMILES string of the molecule is CCOC(=O)c1c(NC(=O)C(=O)NN=C(C)c2ccc(OCc3ccccc3C)c(OC)c2)sc2c1CCCCC2. The zero-order chi connectivity index (χ0) is 29.4. The Morgan fingerprint density at radius 2 is 1.78 bits per heavy atom. The average molecular weight is 578 g/mol. The van der Waals surface area contributed by atoms with Crippen LogP contribution in [0.2, 0.25) is 0 Å². The van der Waals surface area contributed by atoms with Gasteiger partial charge in [0.15, 0.2) is 11.5 Å². The van der Waals surface area contributed by atoms with Gasteiger partial charge in [-0.2, -0.15) is 5.10 Å². The molecule has 10 heteroatoms. The van der Waals surface area contributed by atoms with Gasteiger partial charge in [-0.1, -0.05) is 30.7 Å². The molecule has 0 aliphatic heterocycles. The number of anilines is 1. The van der Waals surface area contributed by atoms with Crippen molar-refractivity contribution in [1.82, 2.24) is 5.43 Å². The first kappa shape index (κ1) is 29.8. The number of fused-ring (bicyclic) bond motifs is 1. The molecule has 0 atom stereocenters. The second-order valence-electron chi connectivity index (χ2n) is 9.66. The molecule has 2 N–H and O–H groups in total. The average Bonchev–Trinajstić information content (AvgIpc) is 3.14.